The van der Waals surface area contributed by atoms with Gasteiger partial charge in [0.2, 0.25) is 0 Å². The predicted molar refractivity (Wildman–Crippen MR) is 97.9 cm³/mol. The number of hydrogen-bond donors (Lipinski definition) is 2. The highest BCUT2D eigenvalue weighted by molar-refractivity contribution is 5.70. The van der Waals surface area contributed by atoms with Gasteiger partial charge in [-0.1, -0.05) is 35.9 Å². The minimum Gasteiger partial charge on any atom is -0.481 e. The number of hydrogen-bond acceptors (Lipinski definition) is 3. The molecule has 2 N–H and O–H groups in total. The van der Waals surface area contributed by atoms with Crippen molar-refractivity contribution in [2.75, 3.05) is 0 Å². The molecule has 0 heterocycles. The molecule has 0 unspecified atom stereocenters. The third kappa shape index (κ3) is 4.83. The second-order valence-electron chi connectivity index (χ2n) is 6.79. The first-order valence-corrected chi connectivity index (χ1v) is 8.90. The Morgan fingerprint density at radius 3 is 2.44 bits per heavy atom. The maximum atomic E-state index is 11.0. The van der Waals surface area contributed by atoms with Gasteiger partial charge in [0.25, 0.3) is 0 Å². The Morgan fingerprint density at radius 2 is 1.76 bits per heavy atom. The number of nitrogens with one attached hydrogen (secondary N) is 1. The van der Waals surface area contributed by atoms with E-state index in [0.717, 1.165) is 49.3 Å². The highest BCUT2D eigenvalue weighted by Gasteiger charge is 2.25. The van der Waals surface area contributed by atoms with Crippen LogP contribution in [-0.4, -0.2) is 17.1 Å². The molecule has 0 atom stereocenters. The predicted octanol–water partition coefficient (Wildman–Crippen LogP) is 4.52. The Kier molecular flexibility index (Phi) is 5.71. The number of aliphatic carboxylic acids is 1. The zero-order chi connectivity index (χ0) is 17.6. The van der Waals surface area contributed by atoms with E-state index in [0.29, 0.717) is 6.04 Å². The van der Waals surface area contributed by atoms with Crippen LogP contribution in [0.5, 0.6) is 11.5 Å². The van der Waals surface area contributed by atoms with Crippen LogP contribution >= 0.6 is 0 Å². The zero-order valence-electron chi connectivity index (χ0n) is 14.6. The van der Waals surface area contributed by atoms with Gasteiger partial charge in [-0.2, -0.15) is 0 Å². The number of aryl methyl sites for hydroxylation is 1. The fourth-order valence-corrected chi connectivity index (χ4v) is 3.28. The largest absolute Gasteiger partial charge is 0.481 e. The van der Waals surface area contributed by atoms with Crippen molar-refractivity contribution >= 4 is 5.97 Å². The standard InChI is InChI=1S/C21H25NO3/c1-15-6-12-19(13-7-15)25-20-5-3-2-4-17(20)14-22-18-10-8-16(9-11-18)21(23)24/h2-7,12-13,16,18,22H,8-11,14H2,1H3,(H,23,24). The molecule has 2 aromatic carbocycles. The van der Waals surface area contributed by atoms with Crippen LogP contribution in [-0.2, 0) is 11.3 Å². The van der Waals surface area contributed by atoms with Gasteiger partial charge in [0, 0.05) is 18.2 Å². The monoisotopic (exact) mass is 339 g/mol. The van der Waals surface area contributed by atoms with E-state index in [-0.39, 0.29) is 5.92 Å². The molecule has 25 heavy (non-hydrogen) atoms. The molecule has 0 spiro atoms. The molecule has 3 rings (SSSR count). The van der Waals surface area contributed by atoms with Crippen molar-refractivity contribution in [3.63, 3.8) is 0 Å². The molecule has 0 amide bonds. The molecule has 1 aliphatic rings. The van der Waals surface area contributed by atoms with Crippen LogP contribution in [0.1, 0.15) is 36.8 Å². The first-order chi connectivity index (χ1) is 12.1. The molecule has 4 heteroatoms. The van der Waals surface area contributed by atoms with Crippen LogP contribution < -0.4 is 10.1 Å². The van der Waals surface area contributed by atoms with E-state index in [4.69, 9.17) is 9.84 Å². The van der Waals surface area contributed by atoms with E-state index in [1.165, 1.54) is 5.56 Å². The molecule has 0 saturated heterocycles. The summed E-state index contributed by atoms with van der Waals surface area (Å²) in [7, 11) is 0. The first-order valence-electron chi connectivity index (χ1n) is 8.90. The van der Waals surface area contributed by atoms with Crippen LogP contribution in [0.3, 0.4) is 0 Å². The van der Waals surface area contributed by atoms with Gasteiger partial charge in [-0.3, -0.25) is 4.79 Å². The molecule has 0 aliphatic heterocycles. The van der Waals surface area contributed by atoms with Gasteiger partial charge in [-0.15, -0.1) is 0 Å². The summed E-state index contributed by atoms with van der Waals surface area (Å²) in [5.41, 5.74) is 2.32. The van der Waals surface area contributed by atoms with Crippen LogP contribution in [0.15, 0.2) is 48.5 Å². The Bertz CT molecular complexity index is 703. The molecule has 0 bridgehead atoms. The second-order valence-corrected chi connectivity index (χ2v) is 6.79. The molecule has 1 aliphatic carbocycles. The summed E-state index contributed by atoms with van der Waals surface area (Å²) in [5.74, 6) is 0.864. The van der Waals surface area contributed by atoms with E-state index in [2.05, 4.69) is 18.3 Å². The maximum absolute atomic E-state index is 11.0. The lowest BCUT2D eigenvalue weighted by Crippen LogP contribution is -2.34. The van der Waals surface area contributed by atoms with Crippen molar-refractivity contribution in [3.8, 4) is 11.5 Å². The average Bonchev–Trinajstić information content (AvgIpc) is 2.63. The van der Waals surface area contributed by atoms with E-state index in [1.807, 2.05) is 42.5 Å². The summed E-state index contributed by atoms with van der Waals surface area (Å²) in [6.45, 7) is 2.78. The van der Waals surface area contributed by atoms with E-state index < -0.39 is 5.97 Å². The van der Waals surface area contributed by atoms with Crippen molar-refractivity contribution in [2.24, 2.45) is 5.92 Å². The van der Waals surface area contributed by atoms with Crippen molar-refractivity contribution < 1.29 is 14.6 Å². The normalized spacial score (nSPS) is 20.2. The summed E-state index contributed by atoms with van der Waals surface area (Å²) in [5, 5.41) is 12.6. The van der Waals surface area contributed by atoms with Gasteiger partial charge in [0.15, 0.2) is 0 Å². The Hall–Kier alpha value is -2.33. The van der Waals surface area contributed by atoms with Crippen LogP contribution in [0.2, 0.25) is 0 Å². The van der Waals surface area contributed by atoms with Crippen molar-refractivity contribution in [2.45, 2.75) is 45.2 Å². The number of benzene rings is 2. The van der Waals surface area contributed by atoms with E-state index >= 15 is 0 Å². The summed E-state index contributed by atoms with van der Waals surface area (Å²) < 4.78 is 6.04. The third-order valence-electron chi connectivity index (χ3n) is 4.88. The van der Waals surface area contributed by atoms with Gasteiger partial charge in [0.05, 0.1) is 5.92 Å². The molecular formula is C21H25NO3. The quantitative estimate of drug-likeness (QED) is 0.812. The van der Waals surface area contributed by atoms with Gasteiger partial charge in [0.1, 0.15) is 11.5 Å². The van der Waals surface area contributed by atoms with Gasteiger partial charge >= 0.3 is 5.97 Å². The molecule has 0 aromatic heterocycles. The number of carboxylic acids is 1. The summed E-state index contributed by atoms with van der Waals surface area (Å²) >= 11 is 0. The van der Waals surface area contributed by atoms with Crippen molar-refractivity contribution in [1.29, 1.82) is 0 Å². The lowest BCUT2D eigenvalue weighted by Gasteiger charge is -2.27. The van der Waals surface area contributed by atoms with Crippen molar-refractivity contribution in [1.82, 2.24) is 5.32 Å². The number of carboxylic acid groups (broad SMARTS) is 1. The van der Waals surface area contributed by atoms with Crippen LogP contribution in [0.25, 0.3) is 0 Å². The first kappa shape index (κ1) is 17.5. The smallest absolute Gasteiger partial charge is 0.306 e. The lowest BCUT2D eigenvalue weighted by molar-refractivity contribution is -0.142. The lowest BCUT2D eigenvalue weighted by atomic mass is 9.86. The summed E-state index contributed by atoms with van der Waals surface area (Å²) in [6, 6.07) is 16.5. The van der Waals surface area contributed by atoms with Gasteiger partial charge in [-0.25, -0.2) is 0 Å². The zero-order valence-corrected chi connectivity index (χ0v) is 14.6. The van der Waals surface area contributed by atoms with Gasteiger partial charge in [-0.05, 0) is 50.8 Å². The Balaban J connectivity index is 1.58. The Labute approximate surface area is 148 Å². The minimum atomic E-state index is -0.657. The molecule has 0 radical (unpaired) electrons. The SMILES string of the molecule is Cc1ccc(Oc2ccccc2CNC2CCC(C(=O)O)CC2)cc1. The van der Waals surface area contributed by atoms with Crippen LogP contribution in [0.4, 0.5) is 0 Å². The topological polar surface area (TPSA) is 58.6 Å². The van der Waals surface area contributed by atoms with Crippen molar-refractivity contribution in [3.05, 3.63) is 59.7 Å². The summed E-state index contributed by atoms with van der Waals surface area (Å²) in [4.78, 5) is 11.0. The minimum absolute atomic E-state index is 0.171. The highest BCUT2D eigenvalue weighted by Crippen LogP contribution is 2.27. The van der Waals surface area contributed by atoms with Crippen LogP contribution in [0, 0.1) is 12.8 Å². The molecule has 1 fully saturated rings. The fraction of sp³-hybridized carbons (Fsp3) is 0.381. The second kappa shape index (κ2) is 8.17. The average molecular weight is 339 g/mol. The number of rotatable bonds is 6. The Morgan fingerprint density at radius 1 is 1.08 bits per heavy atom. The molecule has 4 nitrogen and oxygen atoms in total. The molecule has 1 saturated carbocycles. The number of ether oxygens (including phenoxy) is 1. The van der Waals surface area contributed by atoms with Gasteiger partial charge < -0.3 is 15.2 Å². The number of carbonyl (C=O) groups is 1. The molecule has 132 valence electrons. The fourth-order valence-electron chi connectivity index (χ4n) is 3.28. The summed E-state index contributed by atoms with van der Waals surface area (Å²) in [6.07, 6.45) is 3.35. The highest BCUT2D eigenvalue weighted by atomic mass is 16.5. The number of para-hydroxylation sites is 1. The van der Waals surface area contributed by atoms with E-state index in [1.54, 1.807) is 0 Å². The molecular weight excluding hydrogens is 314 g/mol. The third-order valence-corrected chi connectivity index (χ3v) is 4.88. The maximum Gasteiger partial charge on any atom is 0.306 e. The van der Waals surface area contributed by atoms with E-state index in [9.17, 15) is 4.79 Å². The molecule has 2 aromatic rings.